The van der Waals surface area contributed by atoms with Crippen LogP contribution in [0.25, 0.3) is 0 Å². The monoisotopic (exact) mass is 158 g/mol. The van der Waals surface area contributed by atoms with Gasteiger partial charge in [0.25, 0.3) is 0 Å². The molecule has 0 spiro atoms. The fourth-order valence-electron chi connectivity index (χ4n) is 0.336. The molecule has 0 bridgehead atoms. The highest BCUT2D eigenvalue weighted by atomic mass is 16.3. The molecule has 5 N–H and O–H groups in total. The van der Waals surface area contributed by atoms with Crippen LogP contribution in [0.15, 0.2) is 24.5 Å². The van der Waals surface area contributed by atoms with Gasteiger partial charge in [-0.1, -0.05) is 0 Å². The highest BCUT2D eigenvalue weighted by Gasteiger charge is 1.91. The molecule has 1 aromatic rings. The van der Waals surface area contributed by atoms with E-state index in [9.17, 15) is 0 Å². The maximum absolute atomic E-state index is 8.05. The van der Waals surface area contributed by atoms with Gasteiger partial charge in [-0.2, -0.15) is 0 Å². The first kappa shape index (κ1) is 10.2. The molecule has 0 aromatic carbocycles. The molecule has 0 unspecified atom stereocenters. The van der Waals surface area contributed by atoms with E-state index in [1.165, 1.54) is 0 Å². The molecule has 1 rings (SSSR count). The highest BCUT2D eigenvalue weighted by molar-refractivity contribution is 4.84. The van der Waals surface area contributed by atoms with Crippen LogP contribution in [0, 0.1) is 0 Å². The van der Waals surface area contributed by atoms with Gasteiger partial charge < -0.3 is 20.9 Å². The molecule has 4 heteroatoms. The Hall–Kier alpha value is -0.840. The van der Waals surface area contributed by atoms with Crippen LogP contribution in [0.4, 0.5) is 0 Å². The maximum atomic E-state index is 8.05. The maximum Gasteiger partial charge on any atom is 0.0605 e. The Labute approximate surface area is 65.7 Å². The van der Waals surface area contributed by atoms with Crippen LogP contribution >= 0.6 is 0 Å². The van der Waals surface area contributed by atoms with Crippen LogP contribution in [-0.2, 0) is 0 Å². The molecular weight excluding hydrogens is 144 g/mol. The molecule has 0 atom stereocenters. The SMILES string of the molecule is NC(CO)CO.c1cc[nH]c1. The highest BCUT2D eigenvalue weighted by Crippen LogP contribution is 1.72. The fourth-order valence-corrected chi connectivity index (χ4v) is 0.336. The molecule has 0 radical (unpaired) electrons. The molecule has 11 heavy (non-hydrogen) atoms. The standard InChI is InChI=1S/C4H5N.C3H9NO2/c1-2-4-5-3-1;4-3(1-5)2-6/h1-5H;3,5-6H,1-2,4H2. The molecule has 4 nitrogen and oxygen atoms in total. The van der Waals surface area contributed by atoms with Gasteiger partial charge in [-0.25, -0.2) is 0 Å². The van der Waals surface area contributed by atoms with Crippen LogP contribution in [0.1, 0.15) is 0 Å². The quantitative estimate of drug-likeness (QED) is 0.460. The summed E-state index contributed by atoms with van der Waals surface area (Å²) >= 11 is 0. The molecule has 0 aliphatic carbocycles. The van der Waals surface area contributed by atoms with Gasteiger partial charge in [0, 0.05) is 12.4 Å². The Balaban J connectivity index is 0.000000183. The normalized spacial score (nSPS) is 9.09. The van der Waals surface area contributed by atoms with Crippen molar-refractivity contribution in [1.82, 2.24) is 4.98 Å². The lowest BCUT2D eigenvalue weighted by molar-refractivity contribution is 0.194. The number of hydrogen-bond acceptors (Lipinski definition) is 3. The zero-order chi connectivity index (χ0) is 8.53. The number of aliphatic hydroxyl groups is 2. The average molecular weight is 158 g/mol. The van der Waals surface area contributed by atoms with E-state index in [4.69, 9.17) is 15.9 Å². The number of nitrogens with two attached hydrogens (primary N) is 1. The second kappa shape index (κ2) is 7.27. The molecule has 0 aliphatic rings. The molecule has 0 saturated carbocycles. The van der Waals surface area contributed by atoms with Gasteiger partial charge >= 0.3 is 0 Å². The summed E-state index contributed by atoms with van der Waals surface area (Å²) in [5.41, 5.74) is 4.97. The Morgan fingerprint density at radius 2 is 1.64 bits per heavy atom. The molecule has 0 saturated heterocycles. The zero-order valence-electron chi connectivity index (χ0n) is 6.27. The van der Waals surface area contributed by atoms with Crippen molar-refractivity contribution in [3.63, 3.8) is 0 Å². The fraction of sp³-hybridized carbons (Fsp3) is 0.429. The smallest absolute Gasteiger partial charge is 0.0605 e. The van der Waals surface area contributed by atoms with Gasteiger partial charge in [-0.05, 0) is 12.1 Å². The minimum atomic E-state index is -0.454. The van der Waals surface area contributed by atoms with Crippen molar-refractivity contribution in [3.8, 4) is 0 Å². The van der Waals surface area contributed by atoms with E-state index < -0.39 is 6.04 Å². The van der Waals surface area contributed by atoms with Gasteiger partial charge in [0.15, 0.2) is 0 Å². The first-order valence-electron chi connectivity index (χ1n) is 3.36. The third kappa shape index (κ3) is 7.05. The second-order valence-electron chi connectivity index (χ2n) is 2.01. The Kier molecular flexibility index (Phi) is 6.71. The summed E-state index contributed by atoms with van der Waals surface area (Å²) in [6.07, 6.45) is 3.75. The number of hydrogen-bond donors (Lipinski definition) is 4. The van der Waals surface area contributed by atoms with Crippen molar-refractivity contribution in [2.45, 2.75) is 6.04 Å². The number of aromatic amines is 1. The molecule has 0 amide bonds. The number of aliphatic hydroxyl groups excluding tert-OH is 2. The van der Waals surface area contributed by atoms with E-state index in [2.05, 4.69) is 4.98 Å². The number of rotatable bonds is 2. The van der Waals surface area contributed by atoms with Crippen LogP contribution in [0.2, 0.25) is 0 Å². The van der Waals surface area contributed by atoms with Crippen molar-refractivity contribution in [3.05, 3.63) is 24.5 Å². The summed E-state index contributed by atoms with van der Waals surface area (Å²) in [6.45, 7) is -0.285. The predicted octanol–water partition coefficient (Wildman–Crippen LogP) is -0.687. The van der Waals surface area contributed by atoms with E-state index in [1.807, 2.05) is 24.5 Å². The third-order valence-corrected chi connectivity index (χ3v) is 0.965. The summed E-state index contributed by atoms with van der Waals surface area (Å²) in [6, 6.07) is 3.44. The number of H-pyrrole nitrogens is 1. The Morgan fingerprint density at radius 1 is 1.18 bits per heavy atom. The first-order valence-corrected chi connectivity index (χ1v) is 3.36. The summed E-state index contributed by atoms with van der Waals surface area (Å²) in [4.78, 5) is 2.86. The van der Waals surface area contributed by atoms with Gasteiger partial charge in [0.2, 0.25) is 0 Å². The van der Waals surface area contributed by atoms with E-state index >= 15 is 0 Å². The van der Waals surface area contributed by atoms with Crippen LogP contribution in [0.5, 0.6) is 0 Å². The Bertz CT molecular complexity index is 121. The molecule has 64 valence electrons. The van der Waals surface area contributed by atoms with Crippen LogP contribution < -0.4 is 5.73 Å². The van der Waals surface area contributed by atoms with Crippen molar-refractivity contribution in [1.29, 1.82) is 0 Å². The summed E-state index contributed by atoms with van der Waals surface area (Å²) in [7, 11) is 0. The molecular formula is C7H14N2O2. The van der Waals surface area contributed by atoms with E-state index in [0.29, 0.717) is 0 Å². The van der Waals surface area contributed by atoms with E-state index in [-0.39, 0.29) is 13.2 Å². The van der Waals surface area contributed by atoms with Gasteiger partial charge in [-0.3, -0.25) is 0 Å². The lowest BCUT2D eigenvalue weighted by Crippen LogP contribution is -2.27. The zero-order valence-corrected chi connectivity index (χ0v) is 6.27. The van der Waals surface area contributed by atoms with Gasteiger partial charge in [-0.15, -0.1) is 0 Å². The van der Waals surface area contributed by atoms with E-state index in [0.717, 1.165) is 0 Å². The van der Waals surface area contributed by atoms with E-state index in [1.54, 1.807) is 0 Å². The van der Waals surface area contributed by atoms with Gasteiger partial charge in [0.1, 0.15) is 0 Å². The molecule has 1 heterocycles. The van der Waals surface area contributed by atoms with Crippen LogP contribution in [-0.4, -0.2) is 34.5 Å². The summed E-state index contributed by atoms with van der Waals surface area (Å²) < 4.78 is 0. The second-order valence-corrected chi connectivity index (χ2v) is 2.01. The molecule has 0 fully saturated rings. The summed E-state index contributed by atoms with van der Waals surface area (Å²) in [5.74, 6) is 0. The summed E-state index contributed by atoms with van der Waals surface area (Å²) in [5, 5.41) is 16.1. The predicted molar refractivity (Wildman–Crippen MR) is 42.9 cm³/mol. The molecule has 0 aliphatic heterocycles. The van der Waals surface area contributed by atoms with Crippen LogP contribution in [0.3, 0.4) is 0 Å². The number of aromatic nitrogens is 1. The van der Waals surface area contributed by atoms with Crippen molar-refractivity contribution < 1.29 is 10.2 Å². The van der Waals surface area contributed by atoms with Gasteiger partial charge in [0.05, 0.1) is 19.3 Å². The van der Waals surface area contributed by atoms with Crippen molar-refractivity contribution in [2.24, 2.45) is 5.73 Å². The van der Waals surface area contributed by atoms with Crippen molar-refractivity contribution >= 4 is 0 Å². The average Bonchev–Trinajstić information content (AvgIpc) is 2.60. The topological polar surface area (TPSA) is 82.3 Å². The molecule has 1 aromatic heterocycles. The van der Waals surface area contributed by atoms with Crippen molar-refractivity contribution in [2.75, 3.05) is 13.2 Å². The largest absolute Gasteiger partial charge is 0.395 e. The number of nitrogens with one attached hydrogen (secondary N) is 1. The lowest BCUT2D eigenvalue weighted by Gasteiger charge is -1.98. The Morgan fingerprint density at radius 3 is 1.73 bits per heavy atom. The minimum absolute atomic E-state index is 0.142. The minimum Gasteiger partial charge on any atom is -0.395 e. The first-order chi connectivity index (χ1) is 5.31. The lowest BCUT2D eigenvalue weighted by atomic mass is 10.4. The third-order valence-electron chi connectivity index (χ3n) is 0.965.